The second-order valence-corrected chi connectivity index (χ2v) is 12.4. The molecule has 0 fully saturated rings. The van der Waals surface area contributed by atoms with Gasteiger partial charge >= 0.3 is 0 Å². The predicted octanol–water partition coefficient (Wildman–Crippen LogP) is 4.95. The van der Waals surface area contributed by atoms with Gasteiger partial charge in [0.2, 0.25) is 0 Å². The summed E-state index contributed by atoms with van der Waals surface area (Å²) in [6.45, 7) is 3.61. The molecule has 37 heavy (non-hydrogen) atoms. The van der Waals surface area contributed by atoms with Gasteiger partial charge in [-0.05, 0) is 87.5 Å². The fraction of sp³-hybridized carbons (Fsp3) is 0.286. The summed E-state index contributed by atoms with van der Waals surface area (Å²) in [6.07, 6.45) is 1.64. The first-order valence-corrected chi connectivity index (χ1v) is 14.5. The lowest BCUT2D eigenvalue weighted by Gasteiger charge is -2.30. The standard InChI is InChI=1S/C28H30N4O3S2/c1-20-10-15-24-26(19-20)36-28(29-24)31(18-17-30(2)3)27(33)22-11-13-23(14-12-22)37(34,35)32-16-6-8-21-7-4-5-9-25(21)32/h4-5,7,9-15,19H,6,8,16-18H2,1-3H3. The van der Waals surface area contributed by atoms with Crippen molar-refractivity contribution in [2.45, 2.75) is 24.7 Å². The maximum atomic E-state index is 13.6. The van der Waals surface area contributed by atoms with E-state index in [1.54, 1.807) is 17.0 Å². The molecule has 0 aliphatic carbocycles. The minimum absolute atomic E-state index is 0.177. The topological polar surface area (TPSA) is 73.8 Å². The number of aromatic nitrogens is 1. The third-order valence-electron chi connectivity index (χ3n) is 6.54. The van der Waals surface area contributed by atoms with Crippen molar-refractivity contribution in [3.8, 4) is 0 Å². The van der Waals surface area contributed by atoms with Gasteiger partial charge < -0.3 is 4.90 Å². The van der Waals surface area contributed by atoms with E-state index in [0.717, 1.165) is 39.9 Å². The SMILES string of the molecule is Cc1ccc2nc(N(CCN(C)C)C(=O)c3ccc(S(=O)(=O)N4CCCc5ccccc54)cc3)sc2c1. The largest absolute Gasteiger partial charge is 0.308 e. The first-order valence-electron chi connectivity index (χ1n) is 12.3. The number of carbonyl (C=O) groups excluding carboxylic acids is 1. The summed E-state index contributed by atoms with van der Waals surface area (Å²) in [4.78, 5) is 22.2. The zero-order valence-corrected chi connectivity index (χ0v) is 22.8. The summed E-state index contributed by atoms with van der Waals surface area (Å²) in [5.41, 5.74) is 4.19. The van der Waals surface area contributed by atoms with Gasteiger partial charge in [-0.2, -0.15) is 0 Å². The number of hydrogen-bond acceptors (Lipinski definition) is 6. The number of fused-ring (bicyclic) bond motifs is 2. The molecule has 1 aliphatic heterocycles. The number of thiazole rings is 1. The van der Waals surface area contributed by atoms with Gasteiger partial charge in [-0.15, -0.1) is 0 Å². The Kier molecular flexibility index (Phi) is 7.02. The van der Waals surface area contributed by atoms with Crippen LogP contribution in [0, 0.1) is 6.92 Å². The van der Waals surface area contributed by atoms with Crippen molar-refractivity contribution >= 4 is 48.3 Å². The van der Waals surface area contributed by atoms with Crippen LogP contribution in [0.5, 0.6) is 0 Å². The molecular formula is C28H30N4O3S2. The van der Waals surface area contributed by atoms with Gasteiger partial charge in [0.25, 0.3) is 15.9 Å². The number of amides is 1. The highest BCUT2D eigenvalue weighted by atomic mass is 32.2. The number of hydrogen-bond donors (Lipinski definition) is 0. The molecular weight excluding hydrogens is 504 g/mol. The highest BCUT2D eigenvalue weighted by Crippen LogP contribution is 2.33. The molecule has 2 heterocycles. The Bertz CT molecular complexity index is 1550. The molecule has 0 atom stereocenters. The van der Waals surface area contributed by atoms with Gasteiger partial charge in [0.05, 0.1) is 20.8 Å². The van der Waals surface area contributed by atoms with Crippen molar-refractivity contribution < 1.29 is 13.2 Å². The molecule has 5 rings (SSSR count). The van der Waals surface area contributed by atoms with Crippen molar-refractivity contribution in [1.82, 2.24) is 9.88 Å². The Morgan fingerprint density at radius 3 is 2.54 bits per heavy atom. The molecule has 192 valence electrons. The maximum Gasteiger partial charge on any atom is 0.264 e. The summed E-state index contributed by atoms with van der Waals surface area (Å²) >= 11 is 1.49. The fourth-order valence-corrected chi connectivity index (χ4v) is 7.15. The normalized spacial score (nSPS) is 13.7. The van der Waals surface area contributed by atoms with Crippen LogP contribution in [-0.4, -0.2) is 57.9 Å². The van der Waals surface area contributed by atoms with Crippen LogP contribution in [-0.2, 0) is 16.4 Å². The van der Waals surface area contributed by atoms with E-state index in [1.807, 2.05) is 62.3 Å². The average Bonchev–Trinajstić information content (AvgIpc) is 3.31. The van der Waals surface area contributed by atoms with E-state index in [-0.39, 0.29) is 10.8 Å². The minimum atomic E-state index is -3.74. The Hall–Kier alpha value is -3.27. The summed E-state index contributed by atoms with van der Waals surface area (Å²) in [5, 5.41) is 0.633. The van der Waals surface area contributed by atoms with E-state index in [9.17, 15) is 13.2 Å². The monoisotopic (exact) mass is 534 g/mol. The molecule has 9 heteroatoms. The molecule has 1 amide bonds. The Morgan fingerprint density at radius 2 is 1.78 bits per heavy atom. The fourth-order valence-electron chi connectivity index (χ4n) is 4.52. The Balaban J connectivity index is 1.44. The minimum Gasteiger partial charge on any atom is -0.308 e. The number of anilines is 2. The number of likely N-dealkylation sites (N-methyl/N-ethyl adjacent to an activating group) is 1. The van der Waals surface area contributed by atoms with Gasteiger partial charge in [-0.1, -0.05) is 35.6 Å². The first-order chi connectivity index (χ1) is 17.7. The molecule has 7 nitrogen and oxygen atoms in total. The van der Waals surface area contributed by atoms with E-state index < -0.39 is 10.0 Å². The highest BCUT2D eigenvalue weighted by Gasteiger charge is 2.29. The average molecular weight is 535 g/mol. The molecule has 0 saturated carbocycles. The summed E-state index contributed by atoms with van der Waals surface area (Å²) in [6, 6.07) is 20.0. The number of aryl methyl sites for hydroxylation is 2. The smallest absolute Gasteiger partial charge is 0.264 e. The number of para-hydroxylation sites is 1. The van der Waals surface area contributed by atoms with E-state index in [0.29, 0.717) is 30.3 Å². The van der Waals surface area contributed by atoms with Crippen LogP contribution in [0.2, 0.25) is 0 Å². The quantitative estimate of drug-likeness (QED) is 0.335. The van der Waals surface area contributed by atoms with Crippen LogP contribution in [0.25, 0.3) is 10.2 Å². The molecule has 4 aromatic rings. The highest BCUT2D eigenvalue weighted by molar-refractivity contribution is 7.92. The molecule has 3 aromatic carbocycles. The summed E-state index contributed by atoms with van der Waals surface area (Å²) < 4.78 is 29.5. The van der Waals surface area contributed by atoms with Crippen molar-refractivity contribution in [3.63, 3.8) is 0 Å². The molecule has 0 N–H and O–H groups in total. The molecule has 0 spiro atoms. The lowest BCUT2D eigenvalue weighted by Crippen LogP contribution is -2.37. The number of benzene rings is 3. The van der Waals surface area contributed by atoms with Crippen LogP contribution < -0.4 is 9.21 Å². The van der Waals surface area contributed by atoms with Gasteiger partial charge in [0, 0.05) is 25.2 Å². The van der Waals surface area contributed by atoms with E-state index in [1.165, 1.54) is 27.8 Å². The van der Waals surface area contributed by atoms with Crippen LogP contribution in [0.15, 0.2) is 71.6 Å². The summed E-state index contributed by atoms with van der Waals surface area (Å²) in [7, 11) is 0.180. The second kappa shape index (κ2) is 10.2. The number of rotatable bonds is 7. The van der Waals surface area contributed by atoms with E-state index in [2.05, 4.69) is 6.07 Å². The zero-order chi connectivity index (χ0) is 26.2. The summed E-state index contributed by atoms with van der Waals surface area (Å²) in [5.74, 6) is -0.204. The van der Waals surface area contributed by atoms with Crippen molar-refractivity contribution in [2.75, 3.05) is 42.9 Å². The maximum absolute atomic E-state index is 13.6. The van der Waals surface area contributed by atoms with Gasteiger partial charge in [-0.3, -0.25) is 14.0 Å². The molecule has 1 aliphatic rings. The first kappa shape index (κ1) is 25.4. The van der Waals surface area contributed by atoms with Crippen LogP contribution in [0.1, 0.15) is 27.9 Å². The molecule has 0 radical (unpaired) electrons. The van der Waals surface area contributed by atoms with Gasteiger partial charge in [-0.25, -0.2) is 13.4 Å². The van der Waals surface area contributed by atoms with E-state index in [4.69, 9.17) is 4.98 Å². The van der Waals surface area contributed by atoms with Crippen LogP contribution in [0.3, 0.4) is 0 Å². The van der Waals surface area contributed by atoms with E-state index >= 15 is 0 Å². The zero-order valence-electron chi connectivity index (χ0n) is 21.2. The third-order valence-corrected chi connectivity index (χ3v) is 9.40. The third kappa shape index (κ3) is 5.12. The van der Waals surface area contributed by atoms with Crippen molar-refractivity contribution in [3.05, 3.63) is 83.4 Å². The Morgan fingerprint density at radius 1 is 1.03 bits per heavy atom. The van der Waals surface area contributed by atoms with Gasteiger partial charge in [0.1, 0.15) is 0 Å². The van der Waals surface area contributed by atoms with Crippen LogP contribution in [0.4, 0.5) is 10.8 Å². The molecule has 0 bridgehead atoms. The molecule has 1 aromatic heterocycles. The lowest BCUT2D eigenvalue weighted by molar-refractivity contribution is 0.0985. The predicted molar refractivity (Wildman–Crippen MR) is 150 cm³/mol. The van der Waals surface area contributed by atoms with Crippen LogP contribution >= 0.6 is 11.3 Å². The number of carbonyl (C=O) groups is 1. The van der Waals surface area contributed by atoms with Gasteiger partial charge in [0.15, 0.2) is 5.13 Å². The van der Waals surface area contributed by atoms with Crippen molar-refractivity contribution in [2.24, 2.45) is 0 Å². The number of sulfonamides is 1. The number of nitrogens with zero attached hydrogens (tertiary/aromatic N) is 4. The lowest BCUT2D eigenvalue weighted by atomic mass is 10.0. The Labute approximate surface area is 222 Å². The second-order valence-electron chi connectivity index (χ2n) is 9.56. The van der Waals surface area contributed by atoms with Crippen molar-refractivity contribution in [1.29, 1.82) is 0 Å². The molecule has 0 unspecified atom stereocenters. The molecule has 0 saturated heterocycles.